The number of nitrogens with one attached hydrogen (secondary N) is 2. The Morgan fingerprint density at radius 1 is 1.35 bits per heavy atom. The number of H-pyrrole nitrogens is 1. The molecule has 3 rings (SSSR count). The van der Waals surface area contributed by atoms with Crippen LogP contribution in [0.2, 0.25) is 0 Å². The largest absolute Gasteiger partial charge is 0.379 e. The maximum atomic E-state index is 12.3. The number of carbonyl (C=O) groups excluding carboxylic acids is 1. The lowest BCUT2D eigenvalue weighted by molar-refractivity contribution is -0.122. The van der Waals surface area contributed by atoms with E-state index < -0.39 is 10.0 Å². The van der Waals surface area contributed by atoms with E-state index in [-0.39, 0.29) is 30.0 Å². The van der Waals surface area contributed by atoms with Crippen molar-refractivity contribution in [1.82, 2.24) is 19.6 Å². The Morgan fingerprint density at radius 2 is 2.12 bits per heavy atom. The number of amides is 1. The van der Waals surface area contributed by atoms with Crippen LogP contribution in [-0.4, -0.2) is 67.7 Å². The van der Waals surface area contributed by atoms with Gasteiger partial charge in [-0.05, 0) is 12.1 Å². The fourth-order valence-corrected chi connectivity index (χ4v) is 4.14. The molecular formula is C17H24N4O4S. The topological polar surface area (TPSA) is 104 Å². The zero-order chi connectivity index (χ0) is 18.7. The number of hydrogen-bond donors (Lipinski definition) is 2. The van der Waals surface area contributed by atoms with Crippen molar-refractivity contribution in [1.29, 1.82) is 0 Å². The van der Waals surface area contributed by atoms with Crippen LogP contribution in [-0.2, 0) is 26.0 Å². The Bertz CT molecular complexity index is 845. The van der Waals surface area contributed by atoms with Crippen LogP contribution in [0.4, 0.5) is 0 Å². The number of aromatic nitrogens is 2. The normalized spacial score (nSPS) is 20.7. The number of hydrogen-bond acceptors (Lipinski definition) is 5. The highest BCUT2D eigenvalue weighted by molar-refractivity contribution is 7.89. The third kappa shape index (κ3) is 4.40. The molecule has 2 N–H and O–H groups in total. The Balaban J connectivity index is 1.53. The number of ether oxygens (including phenoxy) is 1. The number of nitrogens with zero attached hydrogens (tertiary/aromatic N) is 2. The number of para-hydroxylation sites is 2. The van der Waals surface area contributed by atoms with Crippen molar-refractivity contribution >= 4 is 27.0 Å². The predicted molar refractivity (Wildman–Crippen MR) is 98.1 cm³/mol. The van der Waals surface area contributed by atoms with Gasteiger partial charge < -0.3 is 15.0 Å². The third-order valence-electron chi connectivity index (χ3n) is 4.55. The molecule has 1 aliphatic rings. The van der Waals surface area contributed by atoms with Crippen molar-refractivity contribution in [3.8, 4) is 0 Å². The van der Waals surface area contributed by atoms with E-state index in [1.54, 1.807) is 0 Å². The van der Waals surface area contributed by atoms with E-state index >= 15 is 0 Å². The molecule has 0 unspecified atom stereocenters. The highest BCUT2D eigenvalue weighted by Gasteiger charge is 2.34. The SMILES string of the molecule is CN(C)S(=O)(=O)C[C@@H]1COC[C@@H]1NC(=O)CCc1nc2ccccc2[nH]1. The number of benzene rings is 1. The van der Waals surface area contributed by atoms with Gasteiger partial charge in [-0.25, -0.2) is 17.7 Å². The first-order valence-electron chi connectivity index (χ1n) is 8.56. The minimum absolute atomic E-state index is 0.0332. The molecule has 0 spiro atoms. The molecule has 8 nitrogen and oxygen atoms in total. The van der Waals surface area contributed by atoms with Gasteiger partial charge in [-0.15, -0.1) is 0 Å². The Morgan fingerprint density at radius 3 is 2.85 bits per heavy atom. The second kappa shape index (κ2) is 7.73. The molecule has 2 atom stereocenters. The van der Waals surface area contributed by atoms with Crippen LogP contribution in [0.5, 0.6) is 0 Å². The molecule has 1 amide bonds. The van der Waals surface area contributed by atoms with Crippen LogP contribution in [0.25, 0.3) is 11.0 Å². The molecule has 1 aromatic heterocycles. The lowest BCUT2D eigenvalue weighted by atomic mass is 10.1. The summed E-state index contributed by atoms with van der Waals surface area (Å²) in [6.07, 6.45) is 0.776. The molecule has 142 valence electrons. The molecule has 2 heterocycles. The number of rotatable bonds is 7. The lowest BCUT2D eigenvalue weighted by Crippen LogP contribution is -2.43. The van der Waals surface area contributed by atoms with Gasteiger partial charge in [0.2, 0.25) is 15.9 Å². The zero-order valence-corrected chi connectivity index (χ0v) is 15.8. The van der Waals surface area contributed by atoms with E-state index in [4.69, 9.17) is 4.74 Å². The van der Waals surface area contributed by atoms with Crippen LogP contribution < -0.4 is 5.32 Å². The number of carbonyl (C=O) groups is 1. The van der Waals surface area contributed by atoms with Crippen LogP contribution in [0.15, 0.2) is 24.3 Å². The summed E-state index contributed by atoms with van der Waals surface area (Å²) in [5.41, 5.74) is 1.82. The van der Waals surface area contributed by atoms with Crippen molar-refractivity contribution in [2.24, 2.45) is 5.92 Å². The Kier molecular flexibility index (Phi) is 5.59. The molecule has 0 aliphatic carbocycles. The molecular weight excluding hydrogens is 356 g/mol. The number of aryl methyl sites for hydroxylation is 1. The van der Waals surface area contributed by atoms with Crippen molar-refractivity contribution in [2.45, 2.75) is 18.9 Å². The Hall–Kier alpha value is -1.97. The van der Waals surface area contributed by atoms with Gasteiger partial charge in [0, 0.05) is 32.9 Å². The summed E-state index contributed by atoms with van der Waals surface area (Å²) in [5, 5.41) is 2.91. The summed E-state index contributed by atoms with van der Waals surface area (Å²) in [6.45, 7) is 0.672. The van der Waals surface area contributed by atoms with Gasteiger partial charge in [-0.3, -0.25) is 4.79 Å². The second-order valence-corrected chi connectivity index (χ2v) is 8.96. The van der Waals surface area contributed by atoms with Gasteiger partial charge in [0.15, 0.2) is 0 Å². The first-order valence-corrected chi connectivity index (χ1v) is 10.2. The lowest BCUT2D eigenvalue weighted by Gasteiger charge is -2.21. The molecule has 1 saturated heterocycles. The van der Waals surface area contributed by atoms with Gasteiger partial charge in [-0.1, -0.05) is 12.1 Å². The summed E-state index contributed by atoms with van der Waals surface area (Å²) in [6, 6.07) is 7.42. The Labute approximate surface area is 153 Å². The van der Waals surface area contributed by atoms with E-state index in [0.717, 1.165) is 16.9 Å². The van der Waals surface area contributed by atoms with Gasteiger partial charge in [0.1, 0.15) is 5.82 Å². The molecule has 9 heteroatoms. The van der Waals surface area contributed by atoms with E-state index in [0.29, 0.717) is 19.6 Å². The van der Waals surface area contributed by atoms with Crippen molar-refractivity contribution in [3.63, 3.8) is 0 Å². The average molecular weight is 380 g/mol. The molecule has 0 saturated carbocycles. The predicted octanol–water partition coefficient (Wildman–Crippen LogP) is 0.518. The first kappa shape index (κ1) is 18.8. The summed E-state index contributed by atoms with van der Waals surface area (Å²) >= 11 is 0. The molecule has 0 radical (unpaired) electrons. The van der Waals surface area contributed by atoms with Gasteiger partial charge >= 0.3 is 0 Å². The summed E-state index contributed by atoms with van der Waals surface area (Å²) in [7, 11) is -0.321. The molecule has 2 aromatic rings. The first-order chi connectivity index (χ1) is 12.3. The maximum absolute atomic E-state index is 12.3. The third-order valence-corrected chi connectivity index (χ3v) is 6.52. The fraction of sp³-hybridized carbons (Fsp3) is 0.529. The van der Waals surface area contributed by atoms with E-state index in [9.17, 15) is 13.2 Å². The van der Waals surface area contributed by atoms with Crippen molar-refractivity contribution in [2.75, 3.05) is 33.1 Å². The second-order valence-electron chi connectivity index (χ2n) is 6.73. The standard InChI is InChI=1S/C17H24N4O4S/c1-21(2)26(23,24)11-12-9-25-10-15(12)20-17(22)8-7-16-18-13-5-3-4-6-14(13)19-16/h3-6,12,15H,7-11H2,1-2H3,(H,18,19)(H,20,22)/t12-,15-/m0/s1. The highest BCUT2D eigenvalue weighted by Crippen LogP contribution is 2.18. The van der Waals surface area contributed by atoms with Gasteiger partial charge in [0.25, 0.3) is 0 Å². The zero-order valence-electron chi connectivity index (χ0n) is 14.9. The van der Waals surface area contributed by atoms with Gasteiger partial charge in [0.05, 0.1) is 36.0 Å². The minimum atomic E-state index is -3.33. The van der Waals surface area contributed by atoms with E-state index in [2.05, 4.69) is 15.3 Å². The van der Waals surface area contributed by atoms with Gasteiger partial charge in [-0.2, -0.15) is 0 Å². The van der Waals surface area contributed by atoms with E-state index in [1.807, 2.05) is 24.3 Å². The number of sulfonamides is 1. The number of fused-ring (bicyclic) bond motifs is 1. The smallest absolute Gasteiger partial charge is 0.220 e. The molecule has 26 heavy (non-hydrogen) atoms. The van der Waals surface area contributed by atoms with E-state index in [1.165, 1.54) is 18.4 Å². The molecule has 1 fully saturated rings. The van der Waals surface area contributed by atoms with Crippen LogP contribution in [0, 0.1) is 5.92 Å². The van der Waals surface area contributed by atoms with Crippen LogP contribution >= 0.6 is 0 Å². The number of aromatic amines is 1. The van der Waals surface area contributed by atoms with Crippen LogP contribution in [0.3, 0.4) is 0 Å². The number of imidazole rings is 1. The van der Waals surface area contributed by atoms with Crippen molar-refractivity contribution in [3.05, 3.63) is 30.1 Å². The summed E-state index contributed by atoms with van der Waals surface area (Å²) < 4.78 is 30.7. The summed E-state index contributed by atoms with van der Waals surface area (Å²) in [5.74, 6) is 0.357. The molecule has 1 aliphatic heterocycles. The maximum Gasteiger partial charge on any atom is 0.220 e. The fourth-order valence-electron chi connectivity index (χ4n) is 2.98. The molecule has 0 bridgehead atoms. The molecule has 1 aromatic carbocycles. The average Bonchev–Trinajstić information content (AvgIpc) is 3.19. The van der Waals surface area contributed by atoms with Crippen molar-refractivity contribution < 1.29 is 17.9 Å². The quantitative estimate of drug-likeness (QED) is 0.729. The monoisotopic (exact) mass is 380 g/mol. The highest BCUT2D eigenvalue weighted by atomic mass is 32.2. The minimum Gasteiger partial charge on any atom is -0.379 e. The van der Waals surface area contributed by atoms with Crippen LogP contribution in [0.1, 0.15) is 12.2 Å². The summed E-state index contributed by atoms with van der Waals surface area (Å²) in [4.78, 5) is 19.9.